The maximum absolute atomic E-state index is 13.0. The molecule has 2 aromatic carbocycles. The Bertz CT molecular complexity index is 1050. The van der Waals surface area contributed by atoms with Crippen molar-refractivity contribution in [2.24, 2.45) is 7.05 Å². The van der Waals surface area contributed by atoms with Gasteiger partial charge in [0.1, 0.15) is 17.1 Å². The molecule has 1 N–H and O–H groups in total. The number of nitrogens with zero attached hydrogens (tertiary/aromatic N) is 1. The maximum Gasteiger partial charge on any atom is 0.200 e. The van der Waals surface area contributed by atoms with E-state index >= 15 is 0 Å². The molecule has 4 nitrogen and oxygen atoms in total. The van der Waals surface area contributed by atoms with Crippen LogP contribution in [0.4, 0.5) is 0 Å². The Labute approximate surface area is 140 Å². The standard InChI is InChI=1S/C20H21NO3/c1-11-10-20(2,3)24-15-9-14-17(19(23)16(11)15)18(22)12-7-5-6-8-13(12)21(14)4/h5-9,11,23H,10H2,1-4H3. The molecular formula is C20H21NO3. The number of aryl methyl sites for hydroxylation is 1. The van der Waals surface area contributed by atoms with Crippen molar-refractivity contribution < 1.29 is 9.84 Å². The first-order valence-electron chi connectivity index (χ1n) is 8.26. The van der Waals surface area contributed by atoms with Gasteiger partial charge in [0.2, 0.25) is 5.43 Å². The molecule has 4 rings (SSSR count). The Morgan fingerprint density at radius 1 is 1.25 bits per heavy atom. The molecular weight excluding hydrogens is 302 g/mol. The van der Waals surface area contributed by atoms with Gasteiger partial charge in [-0.3, -0.25) is 4.79 Å². The van der Waals surface area contributed by atoms with Gasteiger partial charge in [-0.2, -0.15) is 0 Å². The van der Waals surface area contributed by atoms with Crippen LogP contribution in [-0.2, 0) is 7.05 Å². The molecule has 0 radical (unpaired) electrons. The molecule has 1 aliphatic rings. The highest BCUT2D eigenvalue weighted by molar-refractivity contribution is 5.98. The maximum atomic E-state index is 13.0. The zero-order chi connectivity index (χ0) is 17.2. The number of benzene rings is 2. The number of hydrogen-bond acceptors (Lipinski definition) is 3. The smallest absolute Gasteiger partial charge is 0.200 e. The van der Waals surface area contributed by atoms with Crippen molar-refractivity contribution in [3.63, 3.8) is 0 Å². The lowest BCUT2D eigenvalue weighted by Gasteiger charge is -2.37. The van der Waals surface area contributed by atoms with Crippen LogP contribution in [0.3, 0.4) is 0 Å². The summed E-state index contributed by atoms with van der Waals surface area (Å²) in [6, 6.07) is 9.38. The van der Waals surface area contributed by atoms with Crippen LogP contribution in [0.1, 0.15) is 38.7 Å². The molecule has 4 heteroatoms. The Morgan fingerprint density at radius 3 is 2.71 bits per heavy atom. The van der Waals surface area contributed by atoms with Crippen LogP contribution in [0.5, 0.6) is 11.5 Å². The fourth-order valence-electron chi connectivity index (χ4n) is 4.10. The van der Waals surface area contributed by atoms with Crippen molar-refractivity contribution in [1.82, 2.24) is 4.57 Å². The minimum atomic E-state index is -0.289. The third kappa shape index (κ3) is 1.95. The van der Waals surface area contributed by atoms with Gasteiger partial charge in [0, 0.05) is 24.1 Å². The minimum absolute atomic E-state index is 0.0665. The van der Waals surface area contributed by atoms with Gasteiger partial charge < -0.3 is 14.4 Å². The molecule has 0 amide bonds. The second-order valence-corrected chi connectivity index (χ2v) is 7.40. The number of phenolic OH excluding ortho intramolecular Hbond substituents is 1. The molecule has 1 unspecified atom stereocenters. The number of phenols is 1. The summed E-state index contributed by atoms with van der Waals surface area (Å²) in [5, 5.41) is 11.9. The molecule has 0 saturated carbocycles. The first-order valence-corrected chi connectivity index (χ1v) is 8.26. The lowest BCUT2D eigenvalue weighted by atomic mass is 9.84. The molecule has 0 bridgehead atoms. The van der Waals surface area contributed by atoms with Crippen molar-refractivity contribution in [2.45, 2.75) is 38.7 Å². The number of pyridine rings is 1. The molecule has 0 aliphatic carbocycles. The van der Waals surface area contributed by atoms with Gasteiger partial charge in [-0.15, -0.1) is 0 Å². The van der Waals surface area contributed by atoms with Crippen molar-refractivity contribution in [3.8, 4) is 11.5 Å². The summed E-state index contributed by atoms with van der Waals surface area (Å²) < 4.78 is 8.06. The normalized spacial score (nSPS) is 19.2. The van der Waals surface area contributed by atoms with E-state index < -0.39 is 0 Å². The molecule has 1 aromatic heterocycles. The van der Waals surface area contributed by atoms with E-state index in [1.54, 1.807) is 6.07 Å². The summed E-state index contributed by atoms with van der Waals surface area (Å²) in [6.45, 7) is 6.17. The van der Waals surface area contributed by atoms with E-state index in [1.165, 1.54) is 0 Å². The van der Waals surface area contributed by atoms with E-state index in [9.17, 15) is 9.90 Å². The number of aromatic nitrogens is 1. The highest BCUT2D eigenvalue weighted by atomic mass is 16.5. The summed E-state index contributed by atoms with van der Waals surface area (Å²) in [6.07, 6.45) is 0.799. The van der Waals surface area contributed by atoms with Crippen molar-refractivity contribution in [1.29, 1.82) is 0 Å². The number of rotatable bonds is 0. The van der Waals surface area contributed by atoms with Crippen LogP contribution in [-0.4, -0.2) is 15.3 Å². The highest BCUT2D eigenvalue weighted by Crippen LogP contribution is 2.47. The number of hydrogen-bond donors (Lipinski definition) is 1. The van der Waals surface area contributed by atoms with E-state index in [0.29, 0.717) is 22.0 Å². The fraction of sp³-hybridized carbons (Fsp3) is 0.350. The largest absolute Gasteiger partial charge is 0.507 e. The SMILES string of the molecule is CC1CC(C)(C)Oc2cc3c(c(O)c21)c(=O)c1ccccc1n3C. The van der Waals surface area contributed by atoms with Crippen molar-refractivity contribution >= 4 is 21.8 Å². The third-order valence-corrected chi connectivity index (χ3v) is 5.06. The average Bonchev–Trinajstić information content (AvgIpc) is 2.50. The predicted octanol–water partition coefficient (Wildman–Crippen LogP) is 4.06. The highest BCUT2D eigenvalue weighted by Gasteiger charge is 2.34. The van der Waals surface area contributed by atoms with E-state index in [2.05, 4.69) is 6.92 Å². The number of ether oxygens (including phenoxy) is 1. The Kier molecular flexibility index (Phi) is 2.99. The molecule has 0 saturated heterocycles. The lowest BCUT2D eigenvalue weighted by molar-refractivity contribution is 0.0738. The quantitative estimate of drug-likeness (QED) is 0.635. The van der Waals surface area contributed by atoms with Gasteiger partial charge in [-0.05, 0) is 38.3 Å². The molecule has 24 heavy (non-hydrogen) atoms. The van der Waals surface area contributed by atoms with Gasteiger partial charge in [-0.25, -0.2) is 0 Å². The monoisotopic (exact) mass is 323 g/mol. The summed E-state index contributed by atoms with van der Waals surface area (Å²) in [5.74, 6) is 0.871. The van der Waals surface area contributed by atoms with E-state index in [1.807, 2.05) is 49.7 Å². The predicted molar refractivity (Wildman–Crippen MR) is 96.1 cm³/mol. The molecule has 1 aliphatic heterocycles. The Morgan fingerprint density at radius 2 is 1.96 bits per heavy atom. The molecule has 0 spiro atoms. The van der Waals surface area contributed by atoms with Gasteiger partial charge in [0.05, 0.1) is 16.4 Å². The van der Waals surface area contributed by atoms with Gasteiger partial charge in [0.15, 0.2) is 0 Å². The van der Waals surface area contributed by atoms with Crippen LogP contribution in [0.15, 0.2) is 35.1 Å². The minimum Gasteiger partial charge on any atom is -0.507 e. The van der Waals surface area contributed by atoms with Crippen LogP contribution >= 0.6 is 0 Å². The number of para-hydroxylation sites is 1. The van der Waals surface area contributed by atoms with E-state index in [-0.39, 0.29) is 22.7 Å². The van der Waals surface area contributed by atoms with E-state index in [0.717, 1.165) is 17.5 Å². The first-order chi connectivity index (χ1) is 11.3. The third-order valence-electron chi connectivity index (χ3n) is 5.06. The second-order valence-electron chi connectivity index (χ2n) is 7.40. The molecule has 3 aromatic rings. The van der Waals surface area contributed by atoms with Crippen molar-refractivity contribution in [3.05, 3.63) is 46.1 Å². The number of fused-ring (bicyclic) bond motifs is 3. The fourth-order valence-corrected chi connectivity index (χ4v) is 4.10. The Balaban J connectivity index is 2.19. The summed E-state index contributed by atoms with van der Waals surface area (Å²) in [5.41, 5.74) is 1.87. The first kappa shape index (κ1) is 15.1. The van der Waals surface area contributed by atoms with Crippen LogP contribution < -0.4 is 10.2 Å². The molecule has 1 atom stereocenters. The zero-order valence-electron chi connectivity index (χ0n) is 14.4. The second kappa shape index (κ2) is 4.76. The molecule has 0 fully saturated rings. The molecule has 2 heterocycles. The van der Waals surface area contributed by atoms with Gasteiger partial charge >= 0.3 is 0 Å². The average molecular weight is 323 g/mol. The number of aromatic hydroxyl groups is 1. The summed E-state index contributed by atoms with van der Waals surface area (Å²) >= 11 is 0. The van der Waals surface area contributed by atoms with Gasteiger partial charge in [-0.1, -0.05) is 19.1 Å². The van der Waals surface area contributed by atoms with Crippen LogP contribution in [0, 0.1) is 0 Å². The summed E-state index contributed by atoms with van der Waals surface area (Å²) in [4.78, 5) is 13.0. The van der Waals surface area contributed by atoms with Crippen LogP contribution in [0.25, 0.3) is 21.8 Å². The molecule has 124 valence electrons. The Hall–Kier alpha value is -2.49. The van der Waals surface area contributed by atoms with Gasteiger partial charge in [0.25, 0.3) is 0 Å². The van der Waals surface area contributed by atoms with Crippen LogP contribution in [0.2, 0.25) is 0 Å². The topological polar surface area (TPSA) is 51.5 Å². The zero-order valence-corrected chi connectivity index (χ0v) is 14.4. The van der Waals surface area contributed by atoms with E-state index in [4.69, 9.17) is 4.74 Å². The summed E-state index contributed by atoms with van der Waals surface area (Å²) in [7, 11) is 1.91. The van der Waals surface area contributed by atoms with Crippen molar-refractivity contribution in [2.75, 3.05) is 0 Å². The lowest BCUT2D eigenvalue weighted by Crippen LogP contribution is -2.34.